The summed E-state index contributed by atoms with van der Waals surface area (Å²) in [6.07, 6.45) is 2.85. The minimum Gasteiger partial charge on any atom is -0.309 e. The summed E-state index contributed by atoms with van der Waals surface area (Å²) in [7, 11) is -2.66. The van der Waals surface area contributed by atoms with E-state index in [2.05, 4.69) is 26.5 Å². The van der Waals surface area contributed by atoms with Crippen LogP contribution in [-0.2, 0) is 14.5 Å². The van der Waals surface area contributed by atoms with Crippen molar-refractivity contribution in [2.45, 2.75) is 4.90 Å². The van der Waals surface area contributed by atoms with Crippen LogP contribution >= 0.6 is 27.5 Å². The van der Waals surface area contributed by atoms with Crippen LogP contribution in [-0.4, -0.2) is 15.3 Å². The summed E-state index contributed by atoms with van der Waals surface area (Å²) in [6.45, 7) is 0. The molecule has 0 aliphatic carbocycles. The van der Waals surface area contributed by atoms with E-state index < -0.39 is 15.0 Å². The minimum absolute atomic E-state index is 0.540. The molecule has 0 aromatic heterocycles. The lowest BCUT2D eigenvalue weighted by Gasteiger charge is -2.13. The van der Waals surface area contributed by atoms with E-state index in [0.717, 1.165) is 15.7 Å². The average Bonchev–Trinajstić information content (AvgIpc) is 2.48. The Morgan fingerprint density at radius 1 is 1.14 bits per heavy atom. The van der Waals surface area contributed by atoms with Gasteiger partial charge in [-0.3, -0.25) is 4.79 Å². The van der Waals surface area contributed by atoms with Gasteiger partial charge in [-0.1, -0.05) is 34.1 Å². The highest BCUT2D eigenvalue weighted by molar-refractivity contribution is 9.10. The Hall–Kier alpha value is -1.56. The molecule has 0 fully saturated rings. The minimum atomic E-state index is -2.66. The molecule has 3 nitrogen and oxygen atoms in total. The van der Waals surface area contributed by atoms with Crippen molar-refractivity contribution in [2.24, 2.45) is 0 Å². The van der Waals surface area contributed by atoms with Crippen LogP contribution in [0.5, 0.6) is 0 Å². The monoisotopic (exact) mass is 397 g/mol. The van der Waals surface area contributed by atoms with E-state index in [0.29, 0.717) is 4.90 Å². The Bertz CT molecular complexity index is 797. The van der Waals surface area contributed by atoms with Crippen LogP contribution in [0.3, 0.4) is 0 Å². The summed E-state index contributed by atoms with van der Waals surface area (Å²) in [5.41, 5.74) is 1.51. The van der Waals surface area contributed by atoms with E-state index in [-0.39, 0.29) is 0 Å². The first-order valence-corrected chi connectivity index (χ1v) is 9.15. The van der Waals surface area contributed by atoms with Gasteiger partial charge in [-0.25, -0.2) is 4.21 Å². The van der Waals surface area contributed by atoms with Gasteiger partial charge in [0.15, 0.2) is 0 Å². The second kappa shape index (κ2) is 7.13. The maximum absolute atomic E-state index is 12.7. The first kappa shape index (κ1) is 16.8. The van der Waals surface area contributed by atoms with Crippen LogP contribution in [0.1, 0.15) is 5.56 Å². The maximum Gasteiger partial charge on any atom is 0.245 e. The topological polar surface area (TPSA) is 46.2 Å². The lowest BCUT2D eigenvalue weighted by atomic mass is 10.2. The number of halogens is 2. The van der Waals surface area contributed by atoms with Gasteiger partial charge < -0.3 is 4.72 Å². The molecule has 0 saturated heterocycles. The quantitative estimate of drug-likeness (QED) is 0.463. The molecule has 0 aliphatic rings. The Morgan fingerprint density at radius 2 is 1.73 bits per heavy atom. The molecule has 2 aromatic rings. The molecule has 0 amide bonds. The molecule has 0 saturated carbocycles. The van der Waals surface area contributed by atoms with Crippen LogP contribution < -0.4 is 4.72 Å². The molecule has 0 aliphatic heterocycles. The Morgan fingerprint density at radius 3 is 2.27 bits per heavy atom. The van der Waals surface area contributed by atoms with Crippen LogP contribution in [0.15, 0.2) is 64.0 Å². The SMILES string of the molecule is C=S(=O)(Nc1ccc(Br)cc1)c1ccc(/C=C/C(=O)Cl)cc1. The van der Waals surface area contributed by atoms with Gasteiger partial charge in [-0.15, -0.1) is 0 Å². The van der Waals surface area contributed by atoms with E-state index in [1.165, 1.54) is 6.08 Å². The van der Waals surface area contributed by atoms with Crippen molar-refractivity contribution in [3.63, 3.8) is 0 Å². The van der Waals surface area contributed by atoms with Crippen molar-refractivity contribution in [3.8, 4) is 0 Å². The Balaban J connectivity index is 2.19. The molecule has 1 unspecified atom stereocenters. The number of hydrogen-bond donors (Lipinski definition) is 1. The van der Waals surface area contributed by atoms with E-state index in [1.807, 2.05) is 24.3 Å². The Labute approximate surface area is 143 Å². The van der Waals surface area contributed by atoms with Crippen molar-refractivity contribution in [2.75, 3.05) is 4.72 Å². The van der Waals surface area contributed by atoms with Gasteiger partial charge >= 0.3 is 0 Å². The third-order valence-corrected chi connectivity index (χ3v) is 5.05. The van der Waals surface area contributed by atoms with Crippen molar-refractivity contribution in [3.05, 3.63) is 64.6 Å². The van der Waals surface area contributed by atoms with Gasteiger partial charge in [0, 0.05) is 15.1 Å². The summed E-state index contributed by atoms with van der Waals surface area (Å²) in [5.74, 6) is 3.77. The van der Waals surface area contributed by atoms with E-state index >= 15 is 0 Å². The van der Waals surface area contributed by atoms with Gasteiger partial charge in [0.1, 0.15) is 0 Å². The molecule has 0 bridgehead atoms. The van der Waals surface area contributed by atoms with Gasteiger partial charge in [0.05, 0.1) is 9.71 Å². The highest BCUT2D eigenvalue weighted by Gasteiger charge is 2.07. The molecule has 1 N–H and O–H groups in total. The van der Waals surface area contributed by atoms with E-state index in [4.69, 9.17) is 11.6 Å². The molecule has 2 rings (SSSR count). The molecule has 6 heteroatoms. The standard InChI is InChI=1S/C16H13BrClNO2S/c1-22(21,19-14-7-5-13(17)6-8-14)15-9-2-12(3-10-15)4-11-16(18)20/h2-11H,1H2,(H,19,21)/b11-4+. The number of nitrogens with one attached hydrogen (secondary N) is 1. The zero-order valence-electron chi connectivity index (χ0n) is 11.5. The highest BCUT2D eigenvalue weighted by atomic mass is 79.9. The summed E-state index contributed by atoms with van der Waals surface area (Å²) in [6, 6.07) is 14.3. The van der Waals surface area contributed by atoms with Gasteiger partial charge in [-0.2, -0.15) is 0 Å². The number of anilines is 1. The molecule has 114 valence electrons. The summed E-state index contributed by atoms with van der Waals surface area (Å²) in [5, 5.41) is -0.540. The van der Waals surface area contributed by atoms with Crippen molar-refractivity contribution in [1.82, 2.24) is 0 Å². The predicted octanol–water partition coefficient (Wildman–Crippen LogP) is 4.33. The van der Waals surface area contributed by atoms with E-state index in [9.17, 15) is 9.00 Å². The van der Waals surface area contributed by atoms with Gasteiger partial charge in [0.25, 0.3) is 0 Å². The summed E-state index contributed by atoms with van der Waals surface area (Å²) < 4.78 is 16.6. The smallest absolute Gasteiger partial charge is 0.245 e. The first-order chi connectivity index (χ1) is 10.4. The van der Waals surface area contributed by atoms with Crippen LogP contribution in [0.2, 0.25) is 0 Å². The second-order valence-corrected chi connectivity index (χ2v) is 7.80. The third kappa shape index (κ3) is 4.73. The zero-order chi connectivity index (χ0) is 16.2. The number of hydrogen-bond acceptors (Lipinski definition) is 2. The van der Waals surface area contributed by atoms with Crippen molar-refractivity contribution in [1.29, 1.82) is 0 Å². The van der Waals surface area contributed by atoms with Crippen molar-refractivity contribution >= 4 is 60.1 Å². The summed E-state index contributed by atoms with van der Waals surface area (Å²) >= 11 is 8.59. The molecule has 1 atom stereocenters. The van der Waals surface area contributed by atoms with Crippen LogP contribution in [0.25, 0.3) is 6.08 Å². The molecule has 2 aromatic carbocycles. The maximum atomic E-state index is 12.7. The molecule has 22 heavy (non-hydrogen) atoms. The first-order valence-electron chi connectivity index (χ1n) is 6.25. The largest absolute Gasteiger partial charge is 0.309 e. The molecular formula is C16H13BrClNO2S. The predicted molar refractivity (Wildman–Crippen MR) is 97.6 cm³/mol. The normalized spacial score (nSPS) is 13.7. The third-order valence-electron chi connectivity index (χ3n) is 2.79. The molecule has 0 heterocycles. The zero-order valence-corrected chi connectivity index (χ0v) is 14.6. The lowest BCUT2D eigenvalue weighted by molar-refractivity contribution is -0.107. The van der Waals surface area contributed by atoms with Crippen LogP contribution in [0, 0.1) is 0 Å². The number of carbonyl (C=O) groups excluding carboxylic acids is 1. The van der Waals surface area contributed by atoms with Crippen LogP contribution in [0.4, 0.5) is 5.69 Å². The number of benzene rings is 2. The van der Waals surface area contributed by atoms with Crippen molar-refractivity contribution < 1.29 is 9.00 Å². The highest BCUT2D eigenvalue weighted by Crippen LogP contribution is 2.19. The fraction of sp³-hybridized carbons (Fsp3) is 0. The van der Waals surface area contributed by atoms with Gasteiger partial charge in [0.2, 0.25) is 5.24 Å². The molecule has 0 radical (unpaired) electrons. The molecule has 0 spiro atoms. The lowest BCUT2D eigenvalue weighted by Crippen LogP contribution is -2.12. The number of carbonyl (C=O) groups is 1. The molecular weight excluding hydrogens is 386 g/mol. The number of allylic oxidation sites excluding steroid dienone is 1. The summed E-state index contributed by atoms with van der Waals surface area (Å²) in [4.78, 5) is 11.3. The fourth-order valence-corrected chi connectivity index (χ4v) is 3.27. The second-order valence-electron chi connectivity index (χ2n) is 4.49. The fourth-order valence-electron chi connectivity index (χ4n) is 1.73. The Kier molecular flexibility index (Phi) is 5.45. The average molecular weight is 399 g/mol. The number of rotatable bonds is 5. The van der Waals surface area contributed by atoms with Gasteiger partial charge in [-0.05, 0) is 65.5 Å². The van der Waals surface area contributed by atoms with E-state index in [1.54, 1.807) is 30.3 Å².